The number of imide groups is 2. The molecule has 0 saturated carbocycles. The maximum atomic E-state index is 12.4. The van der Waals surface area contributed by atoms with Gasteiger partial charge in [-0.15, -0.1) is 0 Å². The third kappa shape index (κ3) is 3.39. The molecular formula is C16H19N3O4. The van der Waals surface area contributed by atoms with Gasteiger partial charge in [0.25, 0.3) is 0 Å². The number of urea groups is 1. The van der Waals surface area contributed by atoms with E-state index in [1.165, 1.54) is 4.90 Å². The molecule has 0 atom stereocenters. The van der Waals surface area contributed by atoms with Crippen LogP contribution in [0.25, 0.3) is 0 Å². The minimum atomic E-state index is -0.944. The zero-order valence-electron chi connectivity index (χ0n) is 13.2. The quantitative estimate of drug-likeness (QED) is 0.575. The van der Waals surface area contributed by atoms with Crippen LogP contribution in [0.1, 0.15) is 19.4 Å². The van der Waals surface area contributed by atoms with Gasteiger partial charge < -0.3 is 4.90 Å². The van der Waals surface area contributed by atoms with E-state index < -0.39 is 24.4 Å². The minimum absolute atomic E-state index is 0.107. The Morgan fingerprint density at radius 2 is 1.61 bits per heavy atom. The molecule has 1 fully saturated rings. The summed E-state index contributed by atoms with van der Waals surface area (Å²) in [6, 6.07) is 8.69. The third-order valence-corrected chi connectivity index (χ3v) is 3.70. The van der Waals surface area contributed by atoms with E-state index in [1.807, 2.05) is 37.3 Å². The van der Waals surface area contributed by atoms with Gasteiger partial charge in [0.2, 0.25) is 5.91 Å². The molecule has 7 nitrogen and oxygen atoms in total. The first kappa shape index (κ1) is 16.7. The van der Waals surface area contributed by atoms with Crippen molar-refractivity contribution in [2.24, 2.45) is 0 Å². The summed E-state index contributed by atoms with van der Waals surface area (Å²) in [6.07, 6.45) is 0. The molecule has 1 saturated heterocycles. The van der Waals surface area contributed by atoms with E-state index in [0.717, 1.165) is 10.5 Å². The smallest absolute Gasteiger partial charge is 0.334 e. The predicted octanol–water partition coefficient (Wildman–Crippen LogP) is 0.846. The number of hydrogen-bond donors (Lipinski definition) is 0. The average Bonchev–Trinajstić information content (AvgIpc) is 2.76. The van der Waals surface area contributed by atoms with E-state index in [2.05, 4.69) is 0 Å². The van der Waals surface area contributed by atoms with Crippen molar-refractivity contribution in [1.29, 1.82) is 0 Å². The van der Waals surface area contributed by atoms with Crippen molar-refractivity contribution in [2.45, 2.75) is 20.4 Å². The van der Waals surface area contributed by atoms with Crippen molar-refractivity contribution in [2.75, 3.05) is 19.6 Å². The minimum Gasteiger partial charge on any atom is -0.337 e. The van der Waals surface area contributed by atoms with Gasteiger partial charge in [0.1, 0.15) is 6.54 Å². The Labute approximate surface area is 134 Å². The SMILES string of the molecule is CCN(Cc1ccccc1)C(=O)CN1C(=O)C(=O)N(CC)C1=O. The van der Waals surface area contributed by atoms with Crippen LogP contribution in [-0.2, 0) is 20.9 Å². The normalized spacial score (nSPS) is 14.6. The molecule has 23 heavy (non-hydrogen) atoms. The molecule has 0 N–H and O–H groups in total. The molecule has 7 heteroatoms. The van der Waals surface area contributed by atoms with Crippen LogP contribution >= 0.6 is 0 Å². The molecule has 1 aliphatic heterocycles. The van der Waals surface area contributed by atoms with E-state index in [-0.39, 0.29) is 12.5 Å². The Hall–Kier alpha value is -2.70. The Morgan fingerprint density at radius 1 is 1.00 bits per heavy atom. The van der Waals surface area contributed by atoms with Crippen molar-refractivity contribution in [3.8, 4) is 0 Å². The molecule has 0 spiro atoms. The van der Waals surface area contributed by atoms with Gasteiger partial charge in [-0.3, -0.25) is 19.3 Å². The summed E-state index contributed by atoms with van der Waals surface area (Å²) in [5, 5.41) is 0. The summed E-state index contributed by atoms with van der Waals surface area (Å²) in [6.45, 7) is 3.93. The van der Waals surface area contributed by atoms with Crippen LogP contribution in [-0.4, -0.2) is 58.1 Å². The van der Waals surface area contributed by atoms with E-state index in [1.54, 1.807) is 6.92 Å². The molecule has 1 heterocycles. The lowest BCUT2D eigenvalue weighted by Gasteiger charge is -2.23. The highest BCUT2D eigenvalue weighted by Gasteiger charge is 2.44. The molecule has 1 aromatic carbocycles. The maximum absolute atomic E-state index is 12.4. The van der Waals surface area contributed by atoms with Crippen LogP contribution in [0.2, 0.25) is 0 Å². The van der Waals surface area contributed by atoms with Crippen molar-refractivity contribution in [3.05, 3.63) is 35.9 Å². The predicted molar refractivity (Wildman–Crippen MR) is 82.0 cm³/mol. The van der Waals surface area contributed by atoms with Gasteiger partial charge in [0, 0.05) is 19.6 Å². The number of carbonyl (C=O) groups is 4. The first-order chi connectivity index (χ1) is 11.0. The highest BCUT2D eigenvalue weighted by molar-refractivity contribution is 6.45. The number of carbonyl (C=O) groups excluding carboxylic acids is 4. The monoisotopic (exact) mass is 317 g/mol. The molecule has 0 unspecified atom stereocenters. The Kier molecular flexibility index (Phi) is 5.10. The number of nitrogens with zero attached hydrogens (tertiary/aromatic N) is 3. The lowest BCUT2D eigenvalue weighted by Crippen LogP contribution is -2.43. The molecule has 0 aliphatic carbocycles. The second-order valence-electron chi connectivity index (χ2n) is 5.12. The number of hydrogen-bond acceptors (Lipinski definition) is 4. The van der Waals surface area contributed by atoms with E-state index >= 15 is 0 Å². The van der Waals surface area contributed by atoms with Crippen molar-refractivity contribution in [1.82, 2.24) is 14.7 Å². The molecule has 0 aromatic heterocycles. The molecule has 0 bridgehead atoms. The Balaban J connectivity index is 2.06. The highest BCUT2D eigenvalue weighted by Crippen LogP contribution is 2.13. The molecule has 122 valence electrons. The van der Waals surface area contributed by atoms with Crippen molar-refractivity contribution < 1.29 is 19.2 Å². The molecule has 2 rings (SSSR count). The van der Waals surface area contributed by atoms with Crippen LogP contribution in [0.3, 0.4) is 0 Å². The second kappa shape index (κ2) is 7.04. The summed E-state index contributed by atoms with van der Waals surface area (Å²) in [7, 11) is 0. The molecule has 0 radical (unpaired) electrons. The fraction of sp³-hybridized carbons (Fsp3) is 0.375. The summed E-state index contributed by atoms with van der Waals surface area (Å²) >= 11 is 0. The fourth-order valence-corrected chi connectivity index (χ4v) is 2.38. The van der Waals surface area contributed by atoms with Gasteiger partial charge in [-0.1, -0.05) is 30.3 Å². The van der Waals surface area contributed by atoms with Crippen molar-refractivity contribution >= 4 is 23.8 Å². The molecule has 1 aromatic rings. The summed E-state index contributed by atoms with van der Waals surface area (Å²) in [5.41, 5.74) is 0.952. The van der Waals surface area contributed by atoms with Gasteiger partial charge in [0.05, 0.1) is 0 Å². The van der Waals surface area contributed by atoms with E-state index in [9.17, 15) is 19.2 Å². The zero-order chi connectivity index (χ0) is 17.0. The van der Waals surface area contributed by atoms with Gasteiger partial charge in [-0.05, 0) is 19.4 Å². The number of benzene rings is 1. The van der Waals surface area contributed by atoms with Crippen LogP contribution < -0.4 is 0 Å². The number of likely N-dealkylation sites (N-methyl/N-ethyl adjacent to an activating group) is 2. The van der Waals surface area contributed by atoms with Gasteiger partial charge in [-0.2, -0.15) is 0 Å². The largest absolute Gasteiger partial charge is 0.337 e. The fourth-order valence-electron chi connectivity index (χ4n) is 2.38. The highest BCUT2D eigenvalue weighted by atomic mass is 16.2. The van der Waals surface area contributed by atoms with Gasteiger partial charge in [-0.25, -0.2) is 9.69 Å². The van der Waals surface area contributed by atoms with Crippen molar-refractivity contribution in [3.63, 3.8) is 0 Å². The zero-order valence-corrected chi connectivity index (χ0v) is 13.2. The number of rotatable bonds is 6. The molecule has 5 amide bonds. The Morgan fingerprint density at radius 3 is 2.13 bits per heavy atom. The summed E-state index contributed by atoms with van der Waals surface area (Å²) in [4.78, 5) is 51.0. The molecule has 1 aliphatic rings. The lowest BCUT2D eigenvalue weighted by atomic mass is 10.2. The van der Waals surface area contributed by atoms with Gasteiger partial charge in [0.15, 0.2) is 0 Å². The van der Waals surface area contributed by atoms with Crippen LogP contribution in [0.4, 0.5) is 4.79 Å². The van der Waals surface area contributed by atoms with Crippen LogP contribution in [0.5, 0.6) is 0 Å². The second-order valence-corrected chi connectivity index (χ2v) is 5.12. The number of amides is 5. The first-order valence-corrected chi connectivity index (χ1v) is 7.48. The topological polar surface area (TPSA) is 78.0 Å². The third-order valence-electron chi connectivity index (χ3n) is 3.70. The van der Waals surface area contributed by atoms with Gasteiger partial charge >= 0.3 is 17.8 Å². The Bertz CT molecular complexity index is 629. The van der Waals surface area contributed by atoms with Crippen LogP contribution in [0, 0.1) is 0 Å². The standard InChI is InChI=1S/C16H19N3O4/c1-3-17(10-12-8-6-5-7-9-12)13(20)11-19-15(22)14(21)18(4-2)16(19)23/h5-9H,3-4,10-11H2,1-2H3. The molecular weight excluding hydrogens is 298 g/mol. The maximum Gasteiger partial charge on any atom is 0.334 e. The lowest BCUT2D eigenvalue weighted by molar-refractivity contribution is -0.144. The van der Waals surface area contributed by atoms with Crippen LogP contribution in [0.15, 0.2) is 30.3 Å². The first-order valence-electron chi connectivity index (χ1n) is 7.48. The van der Waals surface area contributed by atoms with E-state index in [0.29, 0.717) is 18.0 Å². The summed E-state index contributed by atoms with van der Waals surface area (Å²) < 4.78 is 0. The average molecular weight is 317 g/mol. The van der Waals surface area contributed by atoms with E-state index in [4.69, 9.17) is 0 Å². The summed E-state index contributed by atoms with van der Waals surface area (Å²) in [5.74, 6) is -2.19.